The van der Waals surface area contributed by atoms with Crippen LogP contribution in [0.4, 0.5) is 0 Å². The summed E-state index contributed by atoms with van der Waals surface area (Å²) in [6.07, 6.45) is 3.57. The third kappa shape index (κ3) is 3.00. The molecule has 1 saturated heterocycles. The molecule has 2 aromatic heterocycles. The zero-order valence-corrected chi connectivity index (χ0v) is 14.3. The fourth-order valence-electron chi connectivity index (χ4n) is 3.25. The first-order valence-electron chi connectivity index (χ1n) is 8.23. The fraction of sp³-hybridized carbons (Fsp3) is 0.211. The topological polar surface area (TPSA) is 66.1 Å². The van der Waals surface area contributed by atoms with Crippen LogP contribution in [0.1, 0.15) is 34.2 Å². The Balaban J connectivity index is 1.63. The molecule has 0 aliphatic carbocycles. The number of hydrogen-bond donors (Lipinski definition) is 1. The maximum atomic E-state index is 12.9. The number of thiazole rings is 1. The van der Waals surface area contributed by atoms with Crippen LogP contribution in [0.2, 0.25) is 0 Å². The minimum atomic E-state index is -0.351. The van der Waals surface area contributed by atoms with Gasteiger partial charge in [-0.1, -0.05) is 30.3 Å². The maximum Gasteiger partial charge on any atom is 0.261 e. The third-order valence-electron chi connectivity index (χ3n) is 4.47. The second-order valence-electron chi connectivity index (χ2n) is 6.01. The van der Waals surface area contributed by atoms with Crippen LogP contribution in [-0.2, 0) is 0 Å². The molecule has 25 heavy (non-hydrogen) atoms. The van der Waals surface area contributed by atoms with Gasteiger partial charge in [-0.3, -0.25) is 9.59 Å². The average molecular weight is 351 g/mol. The molecule has 0 spiro atoms. The van der Waals surface area contributed by atoms with E-state index in [1.165, 1.54) is 0 Å². The third-order valence-corrected chi connectivity index (χ3v) is 5.35. The van der Waals surface area contributed by atoms with E-state index in [1.54, 1.807) is 34.6 Å². The number of aromatic amines is 1. The molecule has 1 aliphatic heterocycles. The Morgan fingerprint density at radius 2 is 2.04 bits per heavy atom. The van der Waals surface area contributed by atoms with Gasteiger partial charge in [0.05, 0.1) is 6.04 Å². The van der Waals surface area contributed by atoms with Crippen LogP contribution >= 0.6 is 11.3 Å². The molecule has 1 atom stereocenters. The summed E-state index contributed by atoms with van der Waals surface area (Å²) in [6, 6.07) is 13.0. The number of nitrogens with one attached hydrogen (secondary N) is 1. The van der Waals surface area contributed by atoms with Crippen molar-refractivity contribution in [1.29, 1.82) is 0 Å². The largest absolute Gasteiger partial charge is 0.329 e. The lowest BCUT2D eigenvalue weighted by Gasteiger charge is -2.22. The summed E-state index contributed by atoms with van der Waals surface area (Å²) in [5, 5.41) is 2.85. The summed E-state index contributed by atoms with van der Waals surface area (Å²) in [7, 11) is 0. The highest BCUT2D eigenvalue weighted by Gasteiger charge is 2.33. The minimum Gasteiger partial charge on any atom is -0.329 e. The first-order chi connectivity index (χ1) is 12.2. The number of rotatable bonds is 3. The first-order valence-corrected chi connectivity index (χ1v) is 9.11. The molecule has 0 unspecified atom stereocenters. The van der Waals surface area contributed by atoms with E-state index in [1.807, 2.05) is 35.7 Å². The molecular formula is C19H17N3O2S. The predicted molar refractivity (Wildman–Crippen MR) is 97.6 cm³/mol. The number of nitrogens with zero attached hydrogens (tertiary/aromatic N) is 2. The number of carbonyl (C=O) groups is 1. The van der Waals surface area contributed by atoms with E-state index >= 15 is 0 Å². The molecule has 126 valence electrons. The number of aromatic nitrogens is 2. The average Bonchev–Trinajstić information content (AvgIpc) is 3.33. The lowest BCUT2D eigenvalue weighted by Crippen LogP contribution is -2.34. The SMILES string of the molecule is O=C(c1ccc(-c2ccccc2)[nH]c1=O)N1CCC[C@H]1c1nccs1. The van der Waals surface area contributed by atoms with E-state index in [9.17, 15) is 9.59 Å². The minimum absolute atomic E-state index is 0.0271. The number of pyridine rings is 1. The summed E-state index contributed by atoms with van der Waals surface area (Å²) in [5.74, 6) is -0.224. The Morgan fingerprint density at radius 1 is 1.20 bits per heavy atom. The van der Waals surface area contributed by atoms with Crippen molar-refractivity contribution in [3.05, 3.63) is 75.0 Å². The number of hydrogen-bond acceptors (Lipinski definition) is 4. The van der Waals surface area contributed by atoms with Crippen LogP contribution in [0, 0.1) is 0 Å². The van der Waals surface area contributed by atoms with E-state index in [2.05, 4.69) is 9.97 Å². The van der Waals surface area contributed by atoms with Gasteiger partial charge in [0, 0.05) is 23.8 Å². The molecule has 1 amide bonds. The molecule has 5 nitrogen and oxygen atoms in total. The quantitative estimate of drug-likeness (QED) is 0.786. The van der Waals surface area contributed by atoms with E-state index in [0.717, 1.165) is 23.4 Å². The van der Waals surface area contributed by atoms with Crippen LogP contribution in [-0.4, -0.2) is 27.3 Å². The van der Waals surface area contributed by atoms with Crippen LogP contribution in [0.5, 0.6) is 0 Å². The molecule has 1 N–H and O–H groups in total. The predicted octanol–water partition coefficient (Wildman–Crippen LogP) is 3.48. The van der Waals surface area contributed by atoms with Gasteiger partial charge in [-0.15, -0.1) is 11.3 Å². The number of likely N-dealkylation sites (tertiary alicyclic amines) is 1. The monoisotopic (exact) mass is 351 g/mol. The number of amides is 1. The van der Waals surface area contributed by atoms with E-state index in [-0.39, 0.29) is 23.1 Å². The van der Waals surface area contributed by atoms with Gasteiger partial charge in [-0.2, -0.15) is 0 Å². The molecule has 0 bridgehead atoms. The second-order valence-corrected chi connectivity index (χ2v) is 6.93. The van der Waals surface area contributed by atoms with E-state index in [4.69, 9.17) is 0 Å². The molecule has 3 aromatic rings. The Morgan fingerprint density at radius 3 is 2.76 bits per heavy atom. The Hall–Kier alpha value is -2.73. The molecule has 1 fully saturated rings. The van der Waals surface area contributed by atoms with Crippen molar-refractivity contribution in [2.24, 2.45) is 0 Å². The molecule has 3 heterocycles. The van der Waals surface area contributed by atoms with Crippen molar-refractivity contribution in [3.63, 3.8) is 0 Å². The van der Waals surface area contributed by atoms with Crippen LogP contribution < -0.4 is 5.56 Å². The van der Waals surface area contributed by atoms with Crippen LogP contribution in [0.3, 0.4) is 0 Å². The summed E-state index contributed by atoms with van der Waals surface area (Å²) in [4.78, 5) is 34.3. The van der Waals surface area contributed by atoms with Crippen molar-refractivity contribution in [2.45, 2.75) is 18.9 Å². The van der Waals surface area contributed by atoms with E-state index < -0.39 is 0 Å². The first kappa shape index (κ1) is 15.8. The highest BCUT2D eigenvalue weighted by molar-refractivity contribution is 7.09. The maximum absolute atomic E-state index is 12.9. The van der Waals surface area contributed by atoms with E-state index in [0.29, 0.717) is 12.2 Å². The number of H-pyrrole nitrogens is 1. The van der Waals surface area contributed by atoms with Gasteiger partial charge >= 0.3 is 0 Å². The summed E-state index contributed by atoms with van der Waals surface area (Å²) in [6.45, 7) is 0.656. The molecule has 1 aromatic carbocycles. The van der Waals surface area contributed by atoms with Crippen molar-refractivity contribution < 1.29 is 4.79 Å². The van der Waals surface area contributed by atoms with Crippen LogP contribution in [0.15, 0.2) is 58.8 Å². The number of benzene rings is 1. The number of carbonyl (C=O) groups excluding carboxylic acids is 1. The molecule has 6 heteroatoms. The summed E-state index contributed by atoms with van der Waals surface area (Å²) >= 11 is 1.55. The Kier molecular flexibility index (Phi) is 4.19. The van der Waals surface area contributed by atoms with Gasteiger partial charge in [0.2, 0.25) is 0 Å². The smallest absolute Gasteiger partial charge is 0.261 e. The standard InChI is InChI=1S/C19H17N3O2S/c23-17-14(8-9-15(21-17)13-5-2-1-3-6-13)19(24)22-11-4-7-16(22)18-20-10-12-25-18/h1-3,5-6,8-10,12,16H,4,7,11H2,(H,21,23)/t16-/m0/s1. The van der Waals surface area contributed by atoms with Gasteiger partial charge in [0.1, 0.15) is 10.6 Å². The molecular weight excluding hydrogens is 334 g/mol. The van der Waals surface area contributed by atoms with Crippen molar-refractivity contribution in [2.75, 3.05) is 6.54 Å². The van der Waals surface area contributed by atoms with Crippen LogP contribution in [0.25, 0.3) is 11.3 Å². The second kappa shape index (κ2) is 6.64. The van der Waals surface area contributed by atoms with Gasteiger partial charge in [-0.25, -0.2) is 4.98 Å². The lowest BCUT2D eigenvalue weighted by atomic mass is 10.1. The zero-order valence-electron chi connectivity index (χ0n) is 13.5. The summed E-state index contributed by atoms with van der Waals surface area (Å²) in [5.41, 5.74) is 1.46. The molecule has 0 radical (unpaired) electrons. The zero-order chi connectivity index (χ0) is 17.2. The molecule has 0 saturated carbocycles. The molecule has 1 aliphatic rings. The van der Waals surface area contributed by atoms with Crippen molar-refractivity contribution in [3.8, 4) is 11.3 Å². The van der Waals surface area contributed by atoms with Crippen molar-refractivity contribution in [1.82, 2.24) is 14.9 Å². The normalized spacial score (nSPS) is 17.0. The fourth-order valence-corrected chi connectivity index (χ4v) is 4.03. The van der Waals surface area contributed by atoms with Gasteiger partial charge in [0.25, 0.3) is 11.5 Å². The Labute approximate surface area is 149 Å². The molecule has 4 rings (SSSR count). The highest BCUT2D eigenvalue weighted by Crippen LogP contribution is 2.33. The summed E-state index contributed by atoms with van der Waals surface area (Å²) < 4.78 is 0. The van der Waals surface area contributed by atoms with Gasteiger partial charge in [0.15, 0.2) is 0 Å². The Bertz CT molecular complexity index is 935. The lowest BCUT2D eigenvalue weighted by molar-refractivity contribution is 0.0733. The van der Waals surface area contributed by atoms with Crippen molar-refractivity contribution >= 4 is 17.2 Å². The highest BCUT2D eigenvalue weighted by atomic mass is 32.1. The van der Waals surface area contributed by atoms with Gasteiger partial charge < -0.3 is 9.88 Å². The van der Waals surface area contributed by atoms with Gasteiger partial charge in [-0.05, 0) is 30.5 Å².